The van der Waals surface area contributed by atoms with E-state index in [0.29, 0.717) is 13.0 Å². The Morgan fingerprint density at radius 2 is 2.29 bits per heavy atom. The molecule has 0 aliphatic heterocycles. The minimum absolute atomic E-state index is 0.138. The van der Waals surface area contributed by atoms with Gasteiger partial charge in [-0.2, -0.15) is 5.26 Å². The third-order valence-electron chi connectivity index (χ3n) is 1.75. The van der Waals surface area contributed by atoms with Crippen molar-refractivity contribution in [2.45, 2.75) is 12.8 Å². The fourth-order valence-corrected chi connectivity index (χ4v) is 0.907. The van der Waals surface area contributed by atoms with Crippen molar-refractivity contribution in [3.05, 3.63) is 0 Å². The molecular weight excluding hydrogens is 184 g/mol. The summed E-state index contributed by atoms with van der Waals surface area (Å²) in [5.41, 5.74) is 5.40. The standard InChI is InChI=1S/C9H16N2O3/c1-13-6-3-8(7-11)9(12)14-5-2-4-10/h8H,2-3,5-7,11H2,1H3. The number of ether oxygens (including phenoxy) is 2. The minimum Gasteiger partial charge on any atom is -0.464 e. The van der Waals surface area contributed by atoms with Gasteiger partial charge in [0, 0.05) is 20.3 Å². The van der Waals surface area contributed by atoms with Crippen LogP contribution in [0.15, 0.2) is 0 Å². The predicted octanol–water partition coefficient (Wildman–Crippen LogP) is 0.0547. The molecule has 0 aromatic rings. The minimum atomic E-state index is -0.347. The van der Waals surface area contributed by atoms with Crippen molar-refractivity contribution >= 4 is 5.97 Å². The zero-order chi connectivity index (χ0) is 10.8. The average Bonchev–Trinajstić information content (AvgIpc) is 2.19. The van der Waals surface area contributed by atoms with E-state index in [-0.39, 0.29) is 31.5 Å². The number of methoxy groups -OCH3 is 1. The van der Waals surface area contributed by atoms with Crippen LogP contribution in [-0.2, 0) is 14.3 Å². The predicted molar refractivity (Wildman–Crippen MR) is 50.2 cm³/mol. The molecule has 0 spiro atoms. The van der Waals surface area contributed by atoms with Crippen molar-refractivity contribution in [2.75, 3.05) is 26.9 Å². The Morgan fingerprint density at radius 3 is 2.79 bits per heavy atom. The van der Waals surface area contributed by atoms with Crippen LogP contribution in [0.2, 0.25) is 0 Å². The fourth-order valence-electron chi connectivity index (χ4n) is 0.907. The van der Waals surface area contributed by atoms with Gasteiger partial charge < -0.3 is 15.2 Å². The van der Waals surface area contributed by atoms with Crippen molar-refractivity contribution in [1.29, 1.82) is 5.26 Å². The van der Waals surface area contributed by atoms with Crippen molar-refractivity contribution < 1.29 is 14.3 Å². The van der Waals surface area contributed by atoms with E-state index in [4.69, 9.17) is 20.5 Å². The zero-order valence-electron chi connectivity index (χ0n) is 8.36. The van der Waals surface area contributed by atoms with Crippen LogP contribution in [0.4, 0.5) is 0 Å². The summed E-state index contributed by atoms with van der Waals surface area (Å²) < 4.78 is 9.67. The molecule has 0 fully saturated rings. The largest absolute Gasteiger partial charge is 0.464 e. The van der Waals surface area contributed by atoms with E-state index in [9.17, 15) is 4.79 Å². The van der Waals surface area contributed by atoms with E-state index in [1.54, 1.807) is 7.11 Å². The van der Waals surface area contributed by atoms with Gasteiger partial charge in [0.25, 0.3) is 0 Å². The van der Waals surface area contributed by atoms with Gasteiger partial charge in [-0.25, -0.2) is 0 Å². The summed E-state index contributed by atoms with van der Waals surface area (Å²) in [6.07, 6.45) is 0.770. The van der Waals surface area contributed by atoms with Gasteiger partial charge in [-0.15, -0.1) is 0 Å². The molecule has 0 saturated carbocycles. The molecular formula is C9H16N2O3. The number of rotatable bonds is 7. The highest BCUT2D eigenvalue weighted by Crippen LogP contribution is 2.04. The van der Waals surface area contributed by atoms with Gasteiger partial charge >= 0.3 is 5.97 Å². The summed E-state index contributed by atoms with van der Waals surface area (Å²) in [5, 5.41) is 8.23. The Morgan fingerprint density at radius 1 is 1.57 bits per heavy atom. The van der Waals surface area contributed by atoms with Crippen LogP contribution >= 0.6 is 0 Å². The lowest BCUT2D eigenvalue weighted by molar-refractivity contribution is -0.148. The van der Waals surface area contributed by atoms with Crippen LogP contribution in [0.5, 0.6) is 0 Å². The first-order valence-electron chi connectivity index (χ1n) is 4.48. The summed E-state index contributed by atoms with van der Waals surface area (Å²) in [7, 11) is 1.56. The SMILES string of the molecule is COCCC(CN)C(=O)OCCC#N. The maximum absolute atomic E-state index is 11.3. The zero-order valence-corrected chi connectivity index (χ0v) is 8.36. The molecule has 0 radical (unpaired) electrons. The van der Waals surface area contributed by atoms with E-state index in [2.05, 4.69) is 0 Å². The summed E-state index contributed by atoms with van der Waals surface area (Å²) in [5.74, 6) is -0.673. The number of nitriles is 1. The molecule has 0 aromatic heterocycles. The van der Waals surface area contributed by atoms with E-state index in [1.807, 2.05) is 6.07 Å². The average molecular weight is 200 g/mol. The molecule has 0 aromatic carbocycles. The maximum Gasteiger partial charge on any atom is 0.310 e. The van der Waals surface area contributed by atoms with Gasteiger partial charge in [0.1, 0.15) is 6.61 Å². The van der Waals surface area contributed by atoms with Gasteiger partial charge in [-0.1, -0.05) is 0 Å². The Kier molecular flexibility index (Phi) is 7.80. The van der Waals surface area contributed by atoms with Gasteiger partial charge in [-0.3, -0.25) is 4.79 Å². The Labute approximate surface area is 83.8 Å². The molecule has 2 N–H and O–H groups in total. The summed E-state index contributed by atoms with van der Waals surface area (Å²) in [6.45, 7) is 0.864. The number of hydrogen-bond acceptors (Lipinski definition) is 5. The second-order valence-corrected chi connectivity index (χ2v) is 2.79. The molecule has 80 valence electrons. The number of carbonyl (C=O) groups is 1. The number of hydrogen-bond donors (Lipinski definition) is 1. The molecule has 0 saturated heterocycles. The van der Waals surface area contributed by atoms with E-state index < -0.39 is 0 Å². The Balaban J connectivity index is 3.74. The molecule has 0 amide bonds. The van der Waals surface area contributed by atoms with Crippen LogP contribution < -0.4 is 5.73 Å². The molecule has 1 atom stereocenters. The van der Waals surface area contributed by atoms with Crippen molar-refractivity contribution in [1.82, 2.24) is 0 Å². The van der Waals surface area contributed by atoms with E-state index in [0.717, 1.165) is 0 Å². The first-order chi connectivity index (χ1) is 6.76. The third-order valence-corrected chi connectivity index (χ3v) is 1.75. The highest BCUT2D eigenvalue weighted by atomic mass is 16.5. The Bertz CT molecular complexity index is 201. The normalized spacial score (nSPS) is 11.8. The maximum atomic E-state index is 11.3. The summed E-state index contributed by atoms with van der Waals surface area (Å²) in [6, 6.07) is 1.89. The smallest absolute Gasteiger partial charge is 0.310 e. The van der Waals surface area contributed by atoms with Crippen LogP contribution in [0.25, 0.3) is 0 Å². The van der Waals surface area contributed by atoms with Crippen LogP contribution in [0, 0.1) is 17.2 Å². The lowest BCUT2D eigenvalue weighted by atomic mass is 10.1. The van der Waals surface area contributed by atoms with Crippen molar-refractivity contribution in [3.8, 4) is 6.07 Å². The molecule has 0 aliphatic carbocycles. The van der Waals surface area contributed by atoms with Gasteiger partial charge in [-0.05, 0) is 6.42 Å². The quantitative estimate of drug-likeness (QED) is 0.463. The first kappa shape index (κ1) is 12.9. The van der Waals surface area contributed by atoms with Gasteiger partial charge in [0.05, 0.1) is 18.4 Å². The lowest BCUT2D eigenvalue weighted by Crippen LogP contribution is -2.27. The van der Waals surface area contributed by atoms with Gasteiger partial charge in [0.2, 0.25) is 0 Å². The lowest BCUT2D eigenvalue weighted by Gasteiger charge is -2.12. The molecule has 1 unspecified atom stereocenters. The number of esters is 1. The fraction of sp³-hybridized carbons (Fsp3) is 0.778. The second-order valence-electron chi connectivity index (χ2n) is 2.79. The highest BCUT2D eigenvalue weighted by molar-refractivity contribution is 5.72. The molecule has 5 nitrogen and oxygen atoms in total. The van der Waals surface area contributed by atoms with Gasteiger partial charge in [0.15, 0.2) is 0 Å². The van der Waals surface area contributed by atoms with Crippen LogP contribution in [-0.4, -0.2) is 32.8 Å². The topological polar surface area (TPSA) is 85.3 Å². The van der Waals surface area contributed by atoms with E-state index in [1.165, 1.54) is 0 Å². The molecule has 5 heteroatoms. The van der Waals surface area contributed by atoms with E-state index >= 15 is 0 Å². The summed E-state index contributed by atoms with van der Waals surface area (Å²) in [4.78, 5) is 11.3. The van der Waals surface area contributed by atoms with Crippen molar-refractivity contribution in [3.63, 3.8) is 0 Å². The number of nitrogens with zero attached hydrogens (tertiary/aromatic N) is 1. The molecule has 0 rings (SSSR count). The molecule has 0 bridgehead atoms. The molecule has 14 heavy (non-hydrogen) atoms. The third kappa shape index (κ3) is 5.51. The number of carbonyl (C=O) groups excluding carboxylic acids is 1. The summed E-state index contributed by atoms with van der Waals surface area (Å²) >= 11 is 0. The number of nitrogens with two attached hydrogens (primary N) is 1. The van der Waals surface area contributed by atoms with Crippen LogP contribution in [0.3, 0.4) is 0 Å². The first-order valence-corrected chi connectivity index (χ1v) is 4.48. The highest BCUT2D eigenvalue weighted by Gasteiger charge is 2.17. The van der Waals surface area contributed by atoms with Crippen molar-refractivity contribution in [2.24, 2.45) is 11.7 Å². The molecule has 0 aliphatic rings. The van der Waals surface area contributed by atoms with Crippen LogP contribution in [0.1, 0.15) is 12.8 Å². The monoisotopic (exact) mass is 200 g/mol. The Hall–Kier alpha value is -1.12. The molecule has 0 heterocycles. The second kappa shape index (κ2) is 8.48.